The van der Waals surface area contributed by atoms with E-state index < -0.39 is 5.97 Å². The Balaban J connectivity index is 2.57. The summed E-state index contributed by atoms with van der Waals surface area (Å²) >= 11 is 11.6. The molecule has 86 valence electrons. The molecule has 0 saturated carbocycles. The number of hydrogen-bond acceptors (Lipinski definition) is 3. The molecule has 0 aliphatic carbocycles. The normalized spacial score (nSPS) is 10.4. The zero-order valence-corrected chi connectivity index (χ0v) is 10.1. The van der Waals surface area contributed by atoms with Gasteiger partial charge in [-0.15, -0.1) is 0 Å². The predicted octanol–water partition coefficient (Wildman–Crippen LogP) is 3.45. The van der Waals surface area contributed by atoms with Gasteiger partial charge in [-0.2, -0.15) is 0 Å². The van der Waals surface area contributed by atoms with Crippen LogP contribution in [0.5, 0.6) is 5.75 Å². The van der Waals surface area contributed by atoms with E-state index >= 15 is 0 Å². The second kappa shape index (κ2) is 6.40. The highest BCUT2D eigenvalue weighted by Crippen LogP contribution is 2.27. The second-order valence-corrected chi connectivity index (χ2v) is 3.59. The Bertz CT molecular complexity index is 402. The minimum atomic E-state index is -0.465. The molecule has 0 spiro atoms. The Labute approximate surface area is 104 Å². The molecular formula is C11H10Cl2O3. The maximum atomic E-state index is 10.9. The molecule has 0 saturated heterocycles. The van der Waals surface area contributed by atoms with Gasteiger partial charge in [0.2, 0.25) is 0 Å². The van der Waals surface area contributed by atoms with Crippen LogP contribution in [0, 0.1) is 0 Å². The molecule has 1 rings (SSSR count). The van der Waals surface area contributed by atoms with Crippen LogP contribution >= 0.6 is 23.2 Å². The number of carbonyl (C=O) groups excluding carboxylic acids is 1. The summed E-state index contributed by atoms with van der Waals surface area (Å²) in [6, 6.07) is 4.80. The Morgan fingerprint density at radius 2 is 2.19 bits per heavy atom. The third kappa shape index (κ3) is 4.13. The van der Waals surface area contributed by atoms with Gasteiger partial charge < -0.3 is 9.47 Å². The largest absolute Gasteiger partial charge is 0.463 e. The van der Waals surface area contributed by atoms with Crippen molar-refractivity contribution >= 4 is 29.2 Å². The number of ether oxygens (including phenoxy) is 2. The molecular weight excluding hydrogens is 251 g/mol. The Morgan fingerprint density at radius 3 is 2.81 bits per heavy atom. The van der Waals surface area contributed by atoms with Gasteiger partial charge in [-0.25, -0.2) is 4.79 Å². The lowest BCUT2D eigenvalue weighted by Crippen LogP contribution is -1.99. The van der Waals surface area contributed by atoms with Gasteiger partial charge in [0.25, 0.3) is 0 Å². The van der Waals surface area contributed by atoms with Crippen LogP contribution in [0.4, 0.5) is 0 Å². The minimum Gasteiger partial charge on any atom is -0.463 e. The molecule has 3 nitrogen and oxygen atoms in total. The lowest BCUT2D eigenvalue weighted by molar-refractivity contribution is -0.137. The third-order valence-electron chi connectivity index (χ3n) is 1.58. The summed E-state index contributed by atoms with van der Waals surface area (Å²) in [6.45, 7) is 2.05. The quantitative estimate of drug-likeness (QED) is 0.473. The van der Waals surface area contributed by atoms with Crippen molar-refractivity contribution < 1.29 is 14.3 Å². The zero-order chi connectivity index (χ0) is 12.0. The van der Waals surface area contributed by atoms with E-state index in [1.165, 1.54) is 12.3 Å². The van der Waals surface area contributed by atoms with Crippen molar-refractivity contribution in [2.75, 3.05) is 6.61 Å². The van der Waals surface area contributed by atoms with Crippen molar-refractivity contribution in [3.8, 4) is 5.75 Å². The molecule has 0 N–H and O–H groups in total. The number of halogens is 2. The third-order valence-corrected chi connectivity index (χ3v) is 2.11. The summed E-state index contributed by atoms with van der Waals surface area (Å²) in [5.41, 5.74) is 0. The molecule has 16 heavy (non-hydrogen) atoms. The maximum absolute atomic E-state index is 10.9. The van der Waals surface area contributed by atoms with Crippen LogP contribution in [-0.4, -0.2) is 12.6 Å². The van der Waals surface area contributed by atoms with Crippen molar-refractivity contribution in [3.05, 3.63) is 40.6 Å². The van der Waals surface area contributed by atoms with Crippen molar-refractivity contribution in [1.29, 1.82) is 0 Å². The van der Waals surface area contributed by atoms with E-state index in [1.807, 2.05) is 0 Å². The Morgan fingerprint density at radius 1 is 1.44 bits per heavy atom. The van der Waals surface area contributed by atoms with E-state index in [0.29, 0.717) is 22.4 Å². The van der Waals surface area contributed by atoms with Gasteiger partial charge in [0.15, 0.2) is 0 Å². The molecule has 1 aromatic rings. The molecule has 0 heterocycles. The van der Waals surface area contributed by atoms with Gasteiger partial charge in [-0.3, -0.25) is 0 Å². The van der Waals surface area contributed by atoms with Crippen LogP contribution in [0.3, 0.4) is 0 Å². The summed E-state index contributed by atoms with van der Waals surface area (Å²) in [6.07, 6.45) is 2.39. The molecule has 0 aliphatic rings. The fourth-order valence-corrected chi connectivity index (χ4v) is 1.38. The highest BCUT2D eigenvalue weighted by Gasteiger charge is 2.01. The number of hydrogen-bond donors (Lipinski definition) is 0. The van der Waals surface area contributed by atoms with Gasteiger partial charge >= 0.3 is 5.97 Å². The lowest BCUT2D eigenvalue weighted by Gasteiger charge is -2.02. The molecule has 0 atom stereocenters. The fourth-order valence-electron chi connectivity index (χ4n) is 0.924. The number of rotatable bonds is 4. The SMILES string of the molecule is CCOC(=O)/C=C/Oc1ccc(Cl)cc1Cl. The smallest absolute Gasteiger partial charge is 0.333 e. The molecule has 0 fully saturated rings. The van der Waals surface area contributed by atoms with Crippen molar-refractivity contribution in [2.45, 2.75) is 6.92 Å². The van der Waals surface area contributed by atoms with Crippen LogP contribution < -0.4 is 4.74 Å². The first-order valence-corrected chi connectivity index (χ1v) is 5.34. The van der Waals surface area contributed by atoms with Crippen molar-refractivity contribution in [3.63, 3.8) is 0 Å². The molecule has 0 aliphatic heterocycles. The highest BCUT2D eigenvalue weighted by atomic mass is 35.5. The summed E-state index contributed by atoms with van der Waals surface area (Å²) in [5.74, 6) is -0.0424. The first-order chi connectivity index (χ1) is 7.63. The summed E-state index contributed by atoms with van der Waals surface area (Å²) in [4.78, 5) is 10.9. The van der Waals surface area contributed by atoms with Gasteiger partial charge in [0.1, 0.15) is 5.75 Å². The zero-order valence-electron chi connectivity index (χ0n) is 8.57. The maximum Gasteiger partial charge on any atom is 0.333 e. The van der Waals surface area contributed by atoms with Crippen LogP contribution in [0.25, 0.3) is 0 Å². The van der Waals surface area contributed by atoms with Crippen LogP contribution in [-0.2, 0) is 9.53 Å². The Kier molecular flexibility index (Phi) is 5.15. The van der Waals surface area contributed by atoms with E-state index in [9.17, 15) is 4.79 Å². The second-order valence-electron chi connectivity index (χ2n) is 2.75. The summed E-state index contributed by atoms with van der Waals surface area (Å²) in [5, 5.41) is 0.896. The number of carbonyl (C=O) groups is 1. The molecule has 0 amide bonds. The molecule has 1 aromatic carbocycles. The van der Waals surface area contributed by atoms with E-state index in [0.717, 1.165) is 0 Å². The Hall–Kier alpha value is -1.19. The van der Waals surface area contributed by atoms with Crippen molar-refractivity contribution in [1.82, 2.24) is 0 Å². The van der Waals surface area contributed by atoms with Crippen LogP contribution in [0.2, 0.25) is 10.0 Å². The number of benzene rings is 1. The molecule has 0 radical (unpaired) electrons. The van der Waals surface area contributed by atoms with Gasteiger partial charge in [-0.05, 0) is 25.1 Å². The first kappa shape index (κ1) is 12.9. The van der Waals surface area contributed by atoms with Crippen LogP contribution in [0.15, 0.2) is 30.5 Å². The topological polar surface area (TPSA) is 35.5 Å². The average molecular weight is 261 g/mol. The molecule has 0 bridgehead atoms. The minimum absolute atomic E-state index is 0.324. The molecule has 0 aromatic heterocycles. The van der Waals surface area contributed by atoms with Gasteiger partial charge in [-0.1, -0.05) is 23.2 Å². The van der Waals surface area contributed by atoms with E-state index in [1.54, 1.807) is 25.1 Å². The average Bonchev–Trinajstić information content (AvgIpc) is 2.22. The molecule has 0 unspecified atom stereocenters. The van der Waals surface area contributed by atoms with E-state index in [-0.39, 0.29) is 0 Å². The standard InChI is InChI=1S/C11H10Cl2O3/c1-2-15-11(14)5-6-16-10-4-3-8(12)7-9(10)13/h3-7H,2H2,1H3/b6-5+. The van der Waals surface area contributed by atoms with Gasteiger partial charge in [0, 0.05) is 5.02 Å². The van der Waals surface area contributed by atoms with E-state index in [2.05, 4.69) is 4.74 Å². The lowest BCUT2D eigenvalue weighted by atomic mass is 10.3. The molecule has 5 heteroatoms. The highest BCUT2D eigenvalue weighted by molar-refractivity contribution is 6.35. The predicted molar refractivity (Wildman–Crippen MR) is 62.9 cm³/mol. The first-order valence-electron chi connectivity index (χ1n) is 4.58. The summed E-state index contributed by atoms with van der Waals surface area (Å²) < 4.78 is 9.81. The number of esters is 1. The fraction of sp³-hybridized carbons (Fsp3) is 0.182. The summed E-state index contributed by atoms with van der Waals surface area (Å²) in [7, 11) is 0. The van der Waals surface area contributed by atoms with Crippen molar-refractivity contribution in [2.24, 2.45) is 0 Å². The van der Waals surface area contributed by atoms with Gasteiger partial charge in [0.05, 0.1) is 24.0 Å². The van der Waals surface area contributed by atoms with E-state index in [4.69, 9.17) is 27.9 Å². The monoisotopic (exact) mass is 260 g/mol. The van der Waals surface area contributed by atoms with Crippen LogP contribution in [0.1, 0.15) is 6.92 Å².